The summed E-state index contributed by atoms with van der Waals surface area (Å²) >= 11 is 5.37. The lowest BCUT2D eigenvalue weighted by Crippen LogP contribution is -2.09. The van der Waals surface area contributed by atoms with Crippen LogP contribution in [0.4, 0.5) is 24.5 Å². The summed E-state index contributed by atoms with van der Waals surface area (Å²) in [7, 11) is -4.04. The fraction of sp³-hybridized carbons (Fsp3) is 0.250. The van der Waals surface area contributed by atoms with Crippen LogP contribution in [0, 0.1) is 10.1 Å². The van der Waals surface area contributed by atoms with Gasteiger partial charge in [0.2, 0.25) is 0 Å². The van der Waals surface area contributed by atoms with Gasteiger partial charge in [0.1, 0.15) is 5.69 Å². The summed E-state index contributed by atoms with van der Waals surface area (Å²) in [5.41, 5.74) is -1.24. The molecule has 1 unspecified atom stereocenters. The second-order valence-corrected chi connectivity index (χ2v) is 5.80. The lowest BCUT2D eigenvalue weighted by atomic mass is 10.1. The van der Waals surface area contributed by atoms with Crippen molar-refractivity contribution < 1.29 is 32.2 Å². The molecule has 0 saturated heterocycles. The molecule has 0 bridgehead atoms. The van der Waals surface area contributed by atoms with Crippen LogP contribution in [0.15, 0.2) is 12.1 Å². The van der Waals surface area contributed by atoms with Gasteiger partial charge in [-0.2, -0.15) is 17.8 Å². The van der Waals surface area contributed by atoms with E-state index in [1.807, 2.05) is 0 Å². The Morgan fingerprint density at radius 3 is 2.45 bits per heavy atom. The van der Waals surface area contributed by atoms with E-state index in [0.717, 1.165) is 6.66 Å². The van der Waals surface area contributed by atoms with E-state index in [9.17, 15) is 27.9 Å². The average Bonchev–Trinajstić information content (AvgIpc) is 2.23. The van der Waals surface area contributed by atoms with Crippen LogP contribution in [0.3, 0.4) is 0 Å². The first-order valence-electron chi connectivity index (χ1n) is 4.72. The number of anilines is 1. The monoisotopic (exact) mass is 334 g/mol. The molecule has 1 atom stereocenters. The Labute approximate surface area is 114 Å². The van der Waals surface area contributed by atoms with E-state index in [-0.39, 0.29) is 6.07 Å². The molecule has 7 nitrogen and oxygen atoms in total. The van der Waals surface area contributed by atoms with E-state index in [2.05, 4.69) is 4.62 Å². The number of halogens is 4. The molecule has 2 N–H and O–H groups in total. The highest BCUT2D eigenvalue weighted by molar-refractivity contribution is 7.51. The maximum atomic E-state index is 12.6. The van der Waals surface area contributed by atoms with Crippen LogP contribution in [-0.2, 0) is 15.4 Å². The molecule has 0 spiro atoms. The Balaban J connectivity index is 3.29. The van der Waals surface area contributed by atoms with Crippen molar-refractivity contribution in [3.8, 4) is 0 Å². The van der Waals surface area contributed by atoms with E-state index in [1.54, 1.807) is 5.48 Å². The summed E-state index contributed by atoms with van der Waals surface area (Å²) in [6, 6.07) is 0.782. The third-order valence-electron chi connectivity index (χ3n) is 1.91. The third kappa shape index (κ3) is 4.34. The number of hydrogen-bond acceptors (Lipinski definition) is 5. The van der Waals surface area contributed by atoms with E-state index in [4.69, 9.17) is 16.5 Å². The summed E-state index contributed by atoms with van der Waals surface area (Å²) in [4.78, 5) is 18.4. The van der Waals surface area contributed by atoms with Crippen LogP contribution in [-0.4, -0.2) is 16.5 Å². The van der Waals surface area contributed by atoms with Crippen molar-refractivity contribution in [1.29, 1.82) is 0 Å². The zero-order valence-corrected chi connectivity index (χ0v) is 11.3. The van der Waals surface area contributed by atoms with Crippen LogP contribution in [0.5, 0.6) is 0 Å². The molecule has 1 aromatic carbocycles. The molecule has 12 heteroatoms. The van der Waals surface area contributed by atoms with Crippen molar-refractivity contribution in [2.45, 2.75) is 6.18 Å². The number of nitro groups is 1. The van der Waals surface area contributed by atoms with Gasteiger partial charge in [0.05, 0.1) is 15.5 Å². The van der Waals surface area contributed by atoms with Crippen molar-refractivity contribution in [1.82, 2.24) is 0 Å². The molecule has 0 fully saturated rings. The highest BCUT2D eigenvalue weighted by atomic mass is 35.5. The SMILES string of the molecule is CP(=O)(O)ONc1cc(Cl)c(C(F)(F)F)cc1[N+](=O)[O-]. The van der Waals surface area contributed by atoms with Gasteiger partial charge < -0.3 is 4.89 Å². The predicted octanol–water partition coefficient (Wildman–Crippen LogP) is 3.43. The maximum Gasteiger partial charge on any atom is 0.418 e. The van der Waals surface area contributed by atoms with Gasteiger partial charge in [0.15, 0.2) is 0 Å². The molecule has 0 saturated carbocycles. The van der Waals surface area contributed by atoms with Gasteiger partial charge in [0, 0.05) is 12.7 Å². The fourth-order valence-electron chi connectivity index (χ4n) is 1.15. The first kappa shape index (κ1) is 16.7. The molecule has 0 aliphatic carbocycles. The van der Waals surface area contributed by atoms with Crippen molar-refractivity contribution in [3.63, 3.8) is 0 Å². The van der Waals surface area contributed by atoms with Gasteiger partial charge in [-0.1, -0.05) is 11.6 Å². The number of hydrogen-bond donors (Lipinski definition) is 2. The third-order valence-corrected chi connectivity index (χ3v) is 2.66. The maximum absolute atomic E-state index is 12.6. The largest absolute Gasteiger partial charge is 0.418 e. The number of alkyl halides is 3. The summed E-state index contributed by atoms with van der Waals surface area (Å²) in [5, 5.41) is 9.88. The number of nitro benzene ring substituents is 1. The first-order valence-corrected chi connectivity index (χ1v) is 7.12. The second kappa shape index (κ2) is 5.57. The Morgan fingerprint density at radius 2 is 2.05 bits per heavy atom. The lowest BCUT2D eigenvalue weighted by Gasteiger charge is -2.13. The highest BCUT2D eigenvalue weighted by Gasteiger charge is 2.36. The molecule has 0 heterocycles. The molecule has 0 radical (unpaired) electrons. The summed E-state index contributed by atoms with van der Waals surface area (Å²) in [6.07, 6.45) is -4.88. The van der Waals surface area contributed by atoms with Gasteiger partial charge in [-0.05, 0) is 6.07 Å². The molecule has 0 aliphatic rings. The van der Waals surface area contributed by atoms with E-state index in [1.165, 1.54) is 0 Å². The normalized spacial score (nSPS) is 14.7. The van der Waals surface area contributed by atoms with Crippen molar-refractivity contribution in [2.75, 3.05) is 12.1 Å². The molecule has 0 aromatic heterocycles. The summed E-state index contributed by atoms with van der Waals surface area (Å²) in [5.74, 6) is 0. The minimum absolute atomic E-state index is 0.200. The van der Waals surface area contributed by atoms with Gasteiger partial charge in [-0.25, -0.2) is 0 Å². The molecular weight excluding hydrogens is 328 g/mol. The van der Waals surface area contributed by atoms with Crippen LogP contribution in [0.25, 0.3) is 0 Å². The molecule has 1 rings (SSSR count). The Morgan fingerprint density at radius 1 is 1.50 bits per heavy atom. The van der Waals surface area contributed by atoms with Gasteiger partial charge >= 0.3 is 13.8 Å². The highest BCUT2D eigenvalue weighted by Crippen LogP contribution is 2.42. The van der Waals surface area contributed by atoms with Crippen LogP contribution >= 0.6 is 19.2 Å². The van der Waals surface area contributed by atoms with Crippen molar-refractivity contribution in [3.05, 3.63) is 32.8 Å². The zero-order chi connectivity index (χ0) is 15.7. The standard InChI is InChI=1S/C8H7ClF3N2O5P/c1-20(17,18)19-13-6-3-5(9)4(8(10,11)12)2-7(6)14(15)16/h2-3,13H,1H3,(H,17,18). The minimum atomic E-state index is -4.88. The Kier molecular flexibility index (Phi) is 4.65. The Hall–Kier alpha value is -1.35. The number of nitrogens with one attached hydrogen (secondary N) is 1. The molecular formula is C8H7ClF3N2O5P. The minimum Gasteiger partial charge on any atom is -0.323 e. The number of benzene rings is 1. The fourth-order valence-corrected chi connectivity index (χ4v) is 1.68. The van der Waals surface area contributed by atoms with Gasteiger partial charge in [0.25, 0.3) is 5.69 Å². The van der Waals surface area contributed by atoms with Gasteiger partial charge in [-0.15, -0.1) is 0 Å². The average molecular weight is 335 g/mol. The van der Waals surface area contributed by atoms with E-state index >= 15 is 0 Å². The molecule has 112 valence electrons. The quantitative estimate of drug-likeness (QED) is 0.497. The number of rotatable bonds is 4. The van der Waals surface area contributed by atoms with Gasteiger partial charge in [-0.3, -0.25) is 20.2 Å². The zero-order valence-electron chi connectivity index (χ0n) is 9.64. The van der Waals surface area contributed by atoms with Crippen molar-refractivity contribution >= 4 is 30.6 Å². The topological polar surface area (TPSA) is 102 Å². The molecule has 0 amide bonds. The summed E-state index contributed by atoms with van der Waals surface area (Å²) in [6.45, 7) is 0.775. The smallest absolute Gasteiger partial charge is 0.323 e. The van der Waals surface area contributed by atoms with Crippen LogP contribution in [0.2, 0.25) is 5.02 Å². The summed E-state index contributed by atoms with van der Waals surface area (Å²) < 4.78 is 52.7. The number of nitrogens with zero attached hydrogens (tertiary/aromatic N) is 1. The lowest BCUT2D eigenvalue weighted by molar-refractivity contribution is -0.384. The molecule has 0 aliphatic heterocycles. The van der Waals surface area contributed by atoms with Crippen LogP contribution < -0.4 is 5.48 Å². The van der Waals surface area contributed by atoms with Crippen LogP contribution in [0.1, 0.15) is 5.56 Å². The van der Waals surface area contributed by atoms with E-state index in [0.29, 0.717) is 6.07 Å². The first-order chi connectivity index (χ1) is 8.92. The second-order valence-electron chi connectivity index (χ2n) is 3.60. The Bertz CT molecular complexity index is 588. The van der Waals surface area contributed by atoms with Crippen molar-refractivity contribution in [2.24, 2.45) is 0 Å². The van der Waals surface area contributed by atoms with E-state index < -0.39 is 40.7 Å². The predicted molar refractivity (Wildman–Crippen MR) is 63.6 cm³/mol. The molecule has 20 heavy (non-hydrogen) atoms. The molecule has 1 aromatic rings.